The molecule has 0 radical (unpaired) electrons. The van der Waals surface area contributed by atoms with Gasteiger partial charge in [-0.2, -0.15) is 20.1 Å². The third-order valence-corrected chi connectivity index (χ3v) is 2.55. The van der Waals surface area contributed by atoms with Crippen LogP contribution in [0.5, 0.6) is 0 Å². The Bertz CT molecular complexity index is 521. The molecule has 2 heterocycles. The maximum absolute atomic E-state index is 5.70. The number of nitrogens with two attached hydrogens (primary N) is 1. The van der Waals surface area contributed by atoms with E-state index in [0.717, 1.165) is 6.42 Å². The lowest BCUT2D eigenvalue weighted by molar-refractivity contribution is 0.537. The van der Waals surface area contributed by atoms with Crippen LogP contribution >= 0.6 is 0 Å². The number of hydrogen-bond donors (Lipinski definition) is 2. The number of rotatable bonds is 5. The Morgan fingerprint density at radius 3 is 2.68 bits per heavy atom. The molecule has 1 atom stereocenters. The molecule has 0 spiro atoms. The second-order valence-electron chi connectivity index (χ2n) is 4.94. The van der Waals surface area contributed by atoms with Crippen LogP contribution in [-0.2, 0) is 0 Å². The molecule has 2 rings (SSSR count). The summed E-state index contributed by atoms with van der Waals surface area (Å²) in [4.78, 5) is 12.5. The van der Waals surface area contributed by atoms with Crippen molar-refractivity contribution in [1.82, 2.24) is 24.7 Å². The van der Waals surface area contributed by atoms with Gasteiger partial charge in [-0.25, -0.2) is 4.68 Å². The van der Waals surface area contributed by atoms with Crippen LogP contribution < -0.4 is 11.1 Å². The maximum Gasteiger partial charge on any atom is 0.257 e. The van der Waals surface area contributed by atoms with Crippen LogP contribution in [0.25, 0.3) is 5.95 Å². The van der Waals surface area contributed by atoms with E-state index in [1.54, 1.807) is 23.1 Å². The lowest BCUT2D eigenvalue weighted by Gasteiger charge is -2.16. The molecule has 0 aliphatic rings. The van der Waals surface area contributed by atoms with Gasteiger partial charge in [0.25, 0.3) is 5.95 Å². The minimum absolute atomic E-state index is 0.180. The fourth-order valence-corrected chi connectivity index (χ4v) is 1.92. The van der Waals surface area contributed by atoms with Crippen molar-refractivity contribution in [1.29, 1.82) is 0 Å². The average Bonchev–Trinajstić information content (AvgIpc) is 2.79. The van der Waals surface area contributed by atoms with Crippen molar-refractivity contribution in [3.63, 3.8) is 0 Å². The molecule has 1 unspecified atom stereocenters. The van der Waals surface area contributed by atoms with Gasteiger partial charge >= 0.3 is 0 Å². The second kappa shape index (κ2) is 5.64. The van der Waals surface area contributed by atoms with E-state index in [0.29, 0.717) is 17.8 Å². The molecule has 2 aromatic rings. The average molecular weight is 261 g/mol. The third kappa shape index (κ3) is 3.64. The van der Waals surface area contributed by atoms with Gasteiger partial charge in [-0.15, -0.1) is 0 Å². The first-order valence-electron chi connectivity index (χ1n) is 6.32. The molecule has 0 aromatic carbocycles. The zero-order chi connectivity index (χ0) is 13.8. The summed E-state index contributed by atoms with van der Waals surface area (Å²) in [5.41, 5.74) is 5.70. The molecule has 0 saturated carbocycles. The smallest absolute Gasteiger partial charge is 0.257 e. The van der Waals surface area contributed by atoms with E-state index in [2.05, 4.69) is 46.1 Å². The predicted octanol–water partition coefficient (Wildman–Crippen LogP) is 1.49. The first-order chi connectivity index (χ1) is 9.04. The predicted molar refractivity (Wildman–Crippen MR) is 73.9 cm³/mol. The van der Waals surface area contributed by atoms with E-state index in [4.69, 9.17) is 5.73 Å². The Kier molecular flexibility index (Phi) is 3.94. The number of nitrogen functional groups attached to an aromatic ring is 1. The summed E-state index contributed by atoms with van der Waals surface area (Å²) in [6.07, 6.45) is 4.45. The summed E-state index contributed by atoms with van der Waals surface area (Å²) in [6.45, 7) is 6.44. The summed E-state index contributed by atoms with van der Waals surface area (Å²) in [7, 11) is 0. The summed E-state index contributed by atoms with van der Waals surface area (Å²) in [5, 5.41) is 7.31. The van der Waals surface area contributed by atoms with Crippen LogP contribution in [0.15, 0.2) is 18.5 Å². The molecule has 0 saturated heterocycles. The van der Waals surface area contributed by atoms with E-state index in [-0.39, 0.29) is 12.0 Å². The van der Waals surface area contributed by atoms with Crippen molar-refractivity contribution in [2.45, 2.75) is 33.2 Å². The quantitative estimate of drug-likeness (QED) is 0.846. The van der Waals surface area contributed by atoms with Crippen molar-refractivity contribution >= 4 is 11.9 Å². The fraction of sp³-hybridized carbons (Fsp3) is 0.500. The molecular formula is C12H19N7. The summed E-state index contributed by atoms with van der Waals surface area (Å²) >= 11 is 0. The monoisotopic (exact) mass is 261 g/mol. The van der Waals surface area contributed by atoms with Gasteiger partial charge in [0.1, 0.15) is 0 Å². The molecule has 7 heteroatoms. The number of aromatic nitrogens is 5. The van der Waals surface area contributed by atoms with Crippen LogP contribution in [0.3, 0.4) is 0 Å². The first kappa shape index (κ1) is 13.3. The van der Waals surface area contributed by atoms with E-state index in [1.807, 2.05) is 0 Å². The van der Waals surface area contributed by atoms with E-state index >= 15 is 0 Å². The zero-order valence-corrected chi connectivity index (χ0v) is 11.4. The normalized spacial score (nSPS) is 12.6. The molecule has 0 aliphatic heterocycles. The molecule has 2 aromatic heterocycles. The minimum atomic E-state index is 0.180. The minimum Gasteiger partial charge on any atom is -0.368 e. The Morgan fingerprint density at radius 2 is 2.05 bits per heavy atom. The number of nitrogens with zero attached hydrogens (tertiary/aromatic N) is 5. The van der Waals surface area contributed by atoms with Crippen molar-refractivity contribution in [2.24, 2.45) is 5.92 Å². The van der Waals surface area contributed by atoms with Crippen molar-refractivity contribution < 1.29 is 0 Å². The van der Waals surface area contributed by atoms with Crippen molar-refractivity contribution in [2.75, 3.05) is 11.1 Å². The van der Waals surface area contributed by atoms with Gasteiger partial charge in [-0.3, -0.25) is 0 Å². The highest BCUT2D eigenvalue weighted by molar-refractivity contribution is 5.35. The largest absolute Gasteiger partial charge is 0.368 e. The Labute approximate surface area is 112 Å². The standard InChI is InChI=1S/C12H19N7/c1-8(2)7-9(3)15-11-16-10(13)17-12(18-11)19-6-4-5-14-19/h4-6,8-9H,7H2,1-3H3,(H3,13,15,16,17,18). The number of hydrogen-bond acceptors (Lipinski definition) is 6. The van der Waals surface area contributed by atoms with Crippen LogP contribution in [0.4, 0.5) is 11.9 Å². The highest BCUT2D eigenvalue weighted by Gasteiger charge is 2.10. The van der Waals surface area contributed by atoms with Crippen molar-refractivity contribution in [3.8, 4) is 5.95 Å². The maximum atomic E-state index is 5.70. The van der Waals surface area contributed by atoms with Crippen LogP contribution in [0, 0.1) is 5.92 Å². The number of nitrogens with one attached hydrogen (secondary N) is 1. The highest BCUT2D eigenvalue weighted by Crippen LogP contribution is 2.11. The molecule has 0 bridgehead atoms. The van der Waals surface area contributed by atoms with Gasteiger partial charge in [-0.05, 0) is 25.3 Å². The van der Waals surface area contributed by atoms with Crippen LogP contribution in [-0.4, -0.2) is 30.8 Å². The van der Waals surface area contributed by atoms with E-state index in [1.165, 1.54) is 0 Å². The molecular weight excluding hydrogens is 242 g/mol. The number of anilines is 2. The summed E-state index contributed by atoms with van der Waals surface area (Å²) in [5.74, 6) is 1.68. The summed E-state index contributed by atoms with van der Waals surface area (Å²) < 4.78 is 1.55. The molecule has 0 fully saturated rings. The molecule has 19 heavy (non-hydrogen) atoms. The van der Waals surface area contributed by atoms with Gasteiger partial charge in [0.05, 0.1) is 0 Å². The lowest BCUT2D eigenvalue weighted by atomic mass is 10.1. The van der Waals surface area contributed by atoms with Gasteiger partial charge in [-0.1, -0.05) is 13.8 Å². The van der Waals surface area contributed by atoms with Gasteiger partial charge in [0.2, 0.25) is 11.9 Å². The van der Waals surface area contributed by atoms with Crippen molar-refractivity contribution in [3.05, 3.63) is 18.5 Å². The first-order valence-corrected chi connectivity index (χ1v) is 6.32. The molecule has 0 aliphatic carbocycles. The van der Waals surface area contributed by atoms with Gasteiger partial charge < -0.3 is 11.1 Å². The Morgan fingerprint density at radius 1 is 1.26 bits per heavy atom. The highest BCUT2D eigenvalue weighted by atomic mass is 15.4. The van der Waals surface area contributed by atoms with E-state index < -0.39 is 0 Å². The van der Waals surface area contributed by atoms with E-state index in [9.17, 15) is 0 Å². The fourth-order valence-electron chi connectivity index (χ4n) is 1.92. The van der Waals surface area contributed by atoms with Crippen LogP contribution in [0.1, 0.15) is 27.2 Å². The lowest BCUT2D eigenvalue weighted by Crippen LogP contribution is -2.20. The Hall–Kier alpha value is -2.18. The summed E-state index contributed by atoms with van der Waals surface area (Å²) in [6, 6.07) is 2.07. The Balaban J connectivity index is 2.18. The molecule has 102 valence electrons. The molecule has 0 amide bonds. The zero-order valence-electron chi connectivity index (χ0n) is 11.4. The van der Waals surface area contributed by atoms with Crippen LogP contribution in [0.2, 0.25) is 0 Å². The van der Waals surface area contributed by atoms with Gasteiger partial charge in [0, 0.05) is 18.4 Å². The SMILES string of the molecule is CC(C)CC(C)Nc1nc(N)nc(-n2cccn2)n1. The third-order valence-electron chi connectivity index (χ3n) is 2.55. The molecule has 3 N–H and O–H groups in total. The second-order valence-corrected chi connectivity index (χ2v) is 4.94. The van der Waals surface area contributed by atoms with Gasteiger partial charge in [0.15, 0.2) is 0 Å². The molecule has 7 nitrogen and oxygen atoms in total. The topological polar surface area (TPSA) is 94.5 Å².